The molecule has 0 saturated carbocycles. The number of aliphatic carboxylic acids is 1. The molecule has 0 saturated heterocycles. The zero-order chi connectivity index (χ0) is 18.7. The Hall–Kier alpha value is -1.64. The van der Waals surface area contributed by atoms with Crippen molar-refractivity contribution in [1.82, 2.24) is 10.6 Å². The van der Waals surface area contributed by atoms with E-state index in [1.807, 2.05) is 0 Å². The van der Waals surface area contributed by atoms with Gasteiger partial charge in [0.15, 0.2) is 0 Å². The number of amides is 2. The lowest BCUT2D eigenvalue weighted by Gasteiger charge is -2.13. The van der Waals surface area contributed by atoms with Gasteiger partial charge in [0.25, 0.3) is 0 Å². The largest absolute Gasteiger partial charge is 0.480 e. The van der Waals surface area contributed by atoms with Crippen LogP contribution in [0.15, 0.2) is 24.3 Å². The molecule has 0 aliphatic heterocycles. The van der Waals surface area contributed by atoms with Crippen LogP contribution in [0.4, 0.5) is 0 Å². The smallest absolute Gasteiger partial charge is 0.326 e. The highest BCUT2D eigenvalue weighted by atomic mass is 127. The van der Waals surface area contributed by atoms with Crippen molar-refractivity contribution in [3.05, 3.63) is 33.4 Å². The van der Waals surface area contributed by atoms with E-state index in [1.54, 1.807) is 0 Å². The van der Waals surface area contributed by atoms with E-state index in [0.29, 0.717) is 32.2 Å². The van der Waals surface area contributed by atoms with E-state index in [9.17, 15) is 14.4 Å². The summed E-state index contributed by atoms with van der Waals surface area (Å²) in [5.74, 6) is -1.37. The van der Waals surface area contributed by atoms with Gasteiger partial charge in [0.05, 0.1) is 0 Å². The maximum absolute atomic E-state index is 11.8. The number of carboxylic acid groups (broad SMARTS) is 1. The highest BCUT2D eigenvalue weighted by Crippen LogP contribution is 2.09. The first-order valence-electron chi connectivity index (χ1n) is 8.39. The lowest BCUT2D eigenvalue weighted by atomic mass is 10.1. The van der Waals surface area contributed by atoms with Crippen LogP contribution in [0.1, 0.15) is 44.6 Å². The van der Waals surface area contributed by atoms with E-state index in [4.69, 9.17) is 5.11 Å². The standard InChI is InChI=1S/C18H25IN2O4/c1-13(22)21-16(18(24)25)6-2-3-12-20-17(23)7-4-5-14-8-10-15(19)11-9-14/h8-11,16H,2-7,12H2,1H3,(H,20,23)(H,21,22)(H,24,25). The summed E-state index contributed by atoms with van der Waals surface area (Å²) in [5, 5.41) is 14.2. The second-order valence-electron chi connectivity index (χ2n) is 5.92. The predicted octanol–water partition coefficient (Wildman–Crippen LogP) is 2.49. The van der Waals surface area contributed by atoms with E-state index in [0.717, 1.165) is 12.8 Å². The number of carboxylic acids is 1. The van der Waals surface area contributed by atoms with Crippen LogP contribution in [0.25, 0.3) is 0 Å². The van der Waals surface area contributed by atoms with Gasteiger partial charge in [0.1, 0.15) is 6.04 Å². The number of benzene rings is 1. The molecular weight excluding hydrogens is 435 g/mol. The number of carbonyl (C=O) groups is 3. The van der Waals surface area contributed by atoms with Gasteiger partial charge >= 0.3 is 5.97 Å². The number of rotatable bonds is 11. The third-order valence-electron chi connectivity index (χ3n) is 3.70. The summed E-state index contributed by atoms with van der Waals surface area (Å²) < 4.78 is 1.20. The van der Waals surface area contributed by atoms with E-state index in [-0.39, 0.29) is 11.8 Å². The molecule has 0 radical (unpaired) electrons. The van der Waals surface area contributed by atoms with Crippen molar-refractivity contribution in [2.75, 3.05) is 6.54 Å². The van der Waals surface area contributed by atoms with Crippen LogP contribution in [0.2, 0.25) is 0 Å². The lowest BCUT2D eigenvalue weighted by Crippen LogP contribution is -2.39. The van der Waals surface area contributed by atoms with Crippen LogP contribution in [-0.2, 0) is 20.8 Å². The Labute approximate surface area is 161 Å². The van der Waals surface area contributed by atoms with Gasteiger partial charge < -0.3 is 15.7 Å². The number of unbranched alkanes of at least 4 members (excludes halogenated alkanes) is 1. The molecular formula is C18H25IN2O4. The molecule has 2 amide bonds. The van der Waals surface area contributed by atoms with Crippen LogP contribution in [0.3, 0.4) is 0 Å². The first-order chi connectivity index (χ1) is 11.9. The average Bonchev–Trinajstić information content (AvgIpc) is 2.54. The molecule has 6 nitrogen and oxygen atoms in total. The molecule has 0 fully saturated rings. The Balaban J connectivity index is 2.10. The maximum Gasteiger partial charge on any atom is 0.326 e. The molecule has 0 heterocycles. The summed E-state index contributed by atoms with van der Waals surface area (Å²) in [5.41, 5.74) is 1.23. The molecule has 0 aromatic heterocycles. The normalized spacial score (nSPS) is 11.6. The van der Waals surface area contributed by atoms with Gasteiger partial charge in [-0.1, -0.05) is 12.1 Å². The minimum Gasteiger partial charge on any atom is -0.480 e. The summed E-state index contributed by atoms with van der Waals surface area (Å²) in [7, 11) is 0. The van der Waals surface area contributed by atoms with Crippen molar-refractivity contribution >= 4 is 40.4 Å². The summed E-state index contributed by atoms with van der Waals surface area (Å²) in [6.07, 6.45) is 3.83. The molecule has 1 unspecified atom stereocenters. The third kappa shape index (κ3) is 10.1. The van der Waals surface area contributed by atoms with Crippen molar-refractivity contribution in [1.29, 1.82) is 0 Å². The first-order valence-corrected chi connectivity index (χ1v) is 9.47. The minimum absolute atomic E-state index is 0.0159. The van der Waals surface area contributed by atoms with Crippen molar-refractivity contribution in [2.45, 2.75) is 51.5 Å². The Morgan fingerprint density at radius 1 is 1.12 bits per heavy atom. The molecule has 0 aliphatic rings. The second kappa shape index (κ2) is 11.8. The van der Waals surface area contributed by atoms with E-state index in [1.165, 1.54) is 16.1 Å². The first kappa shape index (κ1) is 21.4. The van der Waals surface area contributed by atoms with E-state index in [2.05, 4.69) is 57.5 Å². The van der Waals surface area contributed by atoms with Gasteiger partial charge in [-0.2, -0.15) is 0 Å². The number of hydrogen-bond donors (Lipinski definition) is 3. The van der Waals surface area contributed by atoms with Crippen LogP contribution in [0, 0.1) is 3.57 Å². The highest BCUT2D eigenvalue weighted by Gasteiger charge is 2.17. The van der Waals surface area contributed by atoms with Crippen molar-refractivity contribution in [2.24, 2.45) is 0 Å². The summed E-state index contributed by atoms with van der Waals surface area (Å²) in [6.45, 7) is 1.82. The van der Waals surface area contributed by atoms with Gasteiger partial charge in [-0.25, -0.2) is 4.79 Å². The van der Waals surface area contributed by atoms with Crippen molar-refractivity contribution in [3.8, 4) is 0 Å². The number of carbonyl (C=O) groups excluding carboxylic acids is 2. The number of aryl methyl sites for hydroxylation is 1. The van der Waals surface area contributed by atoms with Gasteiger partial charge in [-0.15, -0.1) is 0 Å². The number of halogens is 1. The molecule has 1 aromatic carbocycles. The number of hydrogen-bond acceptors (Lipinski definition) is 3. The van der Waals surface area contributed by atoms with Gasteiger partial charge in [-0.05, 0) is 72.4 Å². The molecule has 0 spiro atoms. The van der Waals surface area contributed by atoms with E-state index >= 15 is 0 Å². The molecule has 3 N–H and O–H groups in total. The Morgan fingerprint density at radius 3 is 2.40 bits per heavy atom. The maximum atomic E-state index is 11.8. The molecule has 0 aliphatic carbocycles. The molecule has 7 heteroatoms. The second-order valence-corrected chi connectivity index (χ2v) is 7.16. The monoisotopic (exact) mass is 460 g/mol. The average molecular weight is 460 g/mol. The predicted molar refractivity (Wildman–Crippen MR) is 104 cm³/mol. The summed E-state index contributed by atoms with van der Waals surface area (Å²) >= 11 is 2.26. The Morgan fingerprint density at radius 2 is 1.80 bits per heavy atom. The molecule has 1 rings (SSSR count). The van der Waals surface area contributed by atoms with Crippen LogP contribution < -0.4 is 10.6 Å². The fourth-order valence-electron chi connectivity index (χ4n) is 2.40. The SMILES string of the molecule is CC(=O)NC(CCCCNC(=O)CCCc1ccc(I)cc1)C(=O)O. The Kier molecular flexibility index (Phi) is 10.1. The lowest BCUT2D eigenvalue weighted by molar-refractivity contribution is -0.141. The quantitative estimate of drug-likeness (QED) is 0.349. The molecule has 1 aromatic rings. The van der Waals surface area contributed by atoms with Gasteiger partial charge in [-0.3, -0.25) is 9.59 Å². The van der Waals surface area contributed by atoms with Crippen molar-refractivity contribution in [3.63, 3.8) is 0 Å². The van der Waals surface area contributed by atoms with Crippen LogP contribution in [-0.4, -0.2) is 35.5 Å². The molecule has 25 heavy (non-hydrogen) atoms. The fourth-order valence-corrected chi connectivity index (χ4v) is 2.76. The topological polar surface area (TPSA) is 95.5 Å². The van der Waals surface area contributed by atoms with Gasteiger partial charge in [0, 0.05) is 23.5 Å². The van der Waals surface area contributed by atoms with Crippen molar-refractivity contribution < 1.29 is 19.5 Å². The third-order valence-corrected chi connectivity index (χ3v) is 4.42. The Bertz CT molecular complexity index is 575. The minimum atomic E-state index is -1.03. The zero-order valence-electron chi connectivity index (χ0n) is 14.4. The zero-order valence-corrected chi connectivity index (χ0v) is 16.5. The molecule has 0 bridgehead atoms. The number of nitrogens with one attached hydrogen (secondary N) is 2. The van der Waals surface area contributed by atoms with E-state index < -0.39 is 12.0 Å². The van der Waals surface area contributed by atoms with Crippen LogP contribution in [0.5, 0.6) is 0 Å². The summed E-state index contributed by atoms with van der Waals surface area (Å²) in [4.78, 5) is 33.7. The highest BCUT2D eigenvalue weighted by molar-refractivity contribution is 14.1. The summed E-state index contributed by atoms with van der Waals surface area (Å²) in [6, 6.07) is 7.41. The van der Waals surface area contributed by atoms with Crippen LogP contribution >= 0.6 is 22.6 Å². The fraction of sp³-hybridized carbons (Fsp3) is 0.500. The molecule has 1 atom stereocenters. The van der Waals surface area contributed by atoms with Gasteiger partial charge in [0.2, 0.25) is 11.8 Å². The molecule has 138 valence electrons.